The minimum absolute atomic E-state index is 0.932. The van der Waals surface area contributed by atoms with Crippen LogP contribution in [-0.4, -0.2) is 103 Å². The van der Waals surface area contributed by atoms with Gasteiger partial charge in [-0.05, 0) is 0 Å². The van der Waals surface area contributed by atoms with Gasteiger partial charge in [0, 0.05) is 103 Å². The molecule has 17 heteroatoms. The molecule has 0 saturated heterocycles. The minimum atomic E-state index is -0.932. The predicted molar refractivity (Wildman–Crippen MR) is 136 cm³/mol. The van der Waals surface area contributed by atoms with Crippen LogP contribution in [-0.2, 0) is 0 Å². The first-order valence-electron chi connectivity index (χ1n) is 11.3. The van der Waals surface area contributed by atoms with E-state index in [9.17, 15) is 0 Å². The number of rotatable bonds is 0. The molecule has 1 saturated carbocycles. The molecule has 0 aromatic heterocycles. The Morgan fingerprint density at radius 2 is 0.147 bits per heavy atom. The molecule has 1 fully saturated rings. The van der Waals surface area contributed by atoms with Crippen LogP contribution in [0, 0.1) is 0 Å². The normalized spacial score (nSPS) is 55.5. The monoisotopic (exact) mass is 493 g/mol. The SMILES string of the molecule is NC1C(N)C(N)C(N)C(N)C(N)C(N)C(N)C(N)C(N)C(N)C(N)C(N)C(N)C(N)C(N)C1N. The average molecular weight is 494 g/mol. The third-order valence-electron chi connectivity index (χ3n) is 7.56. The molecule has 0 radical (unpaired) electrons. The Morgan fingerprint density at radius 3 is 0.176 bits per heavy atom. The zero-order valence-electron chi connectivity index (χ0n) is 19.6. The van der Waals surface area contributed by atoms with Gasteiger partial charge in [0.1, 0.15) is 0 Å². The summed E-state index contributed by atoms with van der Waals surface area (Å²) in [5.41, 5.74) is 107. The maximum atomic E-state index is 6.27. The molecule has 34 heavy (non-hydrogen) atoms. The van der Waals surface area contributed by atoms with Gasteiger partial charge in [-0.15, -0.1) is 0 Å². The lowest BCUT2D eigenvalue weighted by atomic mass is 9.81. The summed E-state index contributed by atoms with van der Waals surface area (Å²) in [6.07, 6.45) is 0. The molecule has 0 amide bonds. The molecule has 17 nitrogen and oxygen atoms in total. The largest absolute Gasteiger partial charge is 0.325 e. The Morgan fingerprint density at radius 1 is 0.118 bits per heavy atom. The third kappa shape index (κ3) is 6.35. The van der Waals surface area contributed by atoms with Crippen molar-refractivity contribution in [2.24, 2.45) is 97.5 Å². The van der Waals surface area contributed by atoms with E-state index in [-0.39, 0.29) is 0 Å². The summed E-state index contributed by atoms with van der Waals surface area (Å²) in [4.78, 5) is 0. The van der Waals surface area contributed by atoms with Crippen LogP contribution in [0.2, 0.25) is 0 Å². The molecule has 0 heterocycles. The van der Waals surface area contributed by atoms with Crippen LogP contribution in [0.3, 0.4) is 0 Å². The summed E-state index contributed by atoms with van der Waals surface area (Å²) in [6.45, 7) is 0. The van der Waals surface area contributed by atoms with Crippen LogP contribution in [0.25, 0.3) is 0 Å². The standard InChI is InChI=1S/C17H51N17/c18-1-2(19)4(21)6(23)8(25)10(27)12(29)14(31)16(33)17(34)15(32)13(30)11(28)9(26)7(24)5(22)3(1)20/h1-17H,18-34H2. The van der Waals surface area contributed by atoms with E-state index in [4.69, 9.17) is 97.5 Å². The summed E-state index contributed by atoms with van der Waals surface area (Å²) in [5, 5.41) is 0. The fourth-order valence-electron chi connectivity index (χ4n) is 4.36. The maximum Gasteiger partial charge on any atom is 0.0378 e. The molecule has 1 aliphatic carbocycles. The van der Waals surface area contributed by atoms with Gasteiger partial charge in [-0.25, -0.2) is 0 Å². The van der Waals surface area contributed by atoms with E-state index in [0.29, 0.717) is 0 Å². The predicted octanol–water partition coefficient (Wildman–Crippen LogP) is -11.4. The summed E-state index contributed by atoms with van der Waals surface area (Å²) in [7, 11) is 0. The zero-order chi connectivity index (χ0) is 26.8. The molecule has 1 aliphatic rings. The lowest BCUT2D eigenvalue weighted by Crippen LogP contribution is -2.75. The van der Waals surface area contributed by atoms with Crippen molar-refractivity contribution < 1.29 is 0 Å². The van der Waals surface area contributed by atoms with Crippen molar-refractivity contribution >= 4 is 0 Å². The van der Waals surface area contributed by atoms with Crippen molar-refractivity contribution in [1.82, 2.24) is 0 Å². The average Bonchev–Trinajstić information content (AvgIpc) is 2.84. The highest BCUT2D eigenvalue weighted by Gasteiger charge is 2.43. The molecule has 34 N–H and O–H groups in total. The van der Waals surface area contributed by atoms with Gasteiger partial charge in [-0.2, -0.15) is 0 Å². The first-order chi connectivity index (χ1) is 15.5. The molecule has 0 bridgehead atoms. The molecule has 0 aromatic carbocycles. The minimum Gasteiger partial charge on any atom is -0.325 e. The molecule has 0 aliphatic heterocycles. The van der Waals surface area contributed by atoms with Gasteiger partial charge in [-0.3, -0.25) is 0 Å². The van der Waals surface area contributed by atoms with Gasteiger partial charge >= 0.3 is 0 Å². The molecule has 0 unspecified atom stereocenters. The summed E-state index contributed by atoms with van der Waals surface area (Å²) in [5.74, 6) is 0. The fourth-order valence-corrected chi connectivity index (χ4v) is 4.36. The highest BCUT2D eigenvalue weighted by atomic mass is 15.0. The molecule has 0 spiro atoms. The van der Waals surface area contributed by atoms with Crippen molar-refractivity contribution in [2.45, 2.75) is 103 Å². The molecular formula is C17H51N17. The zero-order valence-corrected chi connectivity index (χ0v) is 19.6. The van der Waals surface area contributed by atoms with Crippen LogP contribution >= 0.6 is 0 Å². The third-order valence-corrected chi connectivity index (χ3v) is 7.56. The number of hydrogen-bond donors (Lipinski definition) is 17. The van der Waals surface area contributed by atoms with E-state index in [0.717, 1.165) is 0 Å². The van der Waals surface area contributed by atoms with E-state index in [2.05, 4.69) is 0 Å². The van der Waals surface area contributed by atoms with Gasteiger partial charge in [-0.1, -0.05) is 0 Å². The topological polar surface area (TPSA) is 442 Å². The Hall–Kier alpha value is -0.680. The van der Waals surface area contributed by atoms with E-state index < -0.39 is 103 Å². The van der Waals surface area contributed by atoms with Crippen molar-refractivity contribution in [1.29, 1.82) is 0 Å². The van der Waals surface area contributed by atoms with Gasteiger partial charge in [0.15, 0.2) is 0 Å². The van der Waals surface area contributed by atoms with Gasteiger partial charge in [0.05, 0.1) is 0 Å². The van der Waals surface area contributed by atoms with Crippen molar-refractivity contribution in [3.05, 3.63) is 0 Å². The second-order valence-corrected chi connectivity index (χ2v) is 9.81. The summed E-state index contributed by atoms with van der Waals surface area (Å²) < 4.78 is 0. The Balaban J connectivity index is 3.43. The summed E-state index contributed by atoms with van der Waals surface area (Å²) >= 11 is 0. The highest BCUT2D eigenvalue weighted by Crippen LogP contribution is 2.14. The van der Waals surface area contributed by atoms with Crippen LogP contribution in [0.5, 0.6) is 0 Å². The van der Waals surface area contributed by atoms with Crippen LogP contribution in [0.1, 0.15) is 0 Å². The van der Waals surface area contributed by atoms with E-state index in [1.165, 1.54) is 0 Å². The first-order valence-corrected chi connectivity index (χ1v) is 11.3. The van der Waals surface area contributed by atoms with Gasteiger partial charge < -0.3 is 97.5 Å². The van der Waals surface area contributed by atoms with Gasteiger partial charge in [0.2, 0.25) is 0 Å². The van der Waals surface area contributed by atoms with Gasteiger partial charge in [0.25, 0.3) is 0 Å². The Kier molecular flexibility index (Phi) is 11.5. The summed E-state index contributed by atoms with van der Waals surface area (Å²) in [6, 6.07) is -15.8. The molecule has 204 valence electrons. The van der Waals surface area contributed by atoms with Crippen LogP contribution in [0.4, 0.5) is 0 Å². The first kappa shape index (κ1) is 31.4. The lowest BCUT2D eigenvalue weighted by Gasteiger charge is -2.41. The molecule has 1 rings (SSSR count). The molecular weight excluding hydrogens is 442 g/mol. The second kappa shape index (κ2) is 12.5. The highest BCUT2D eigenvalue weighted by molar-refractivity contribution is 5.11. The van der Waals surface area contributed by atoms with E-state index in [1.807, 2.05) is 0 Å². The number of hydrogen-bond acceptors (Lipinski definition) is 17. The van der Waals surface area contributed by atoms with Crippen molar-refractivity contribution in [3.63, 3.8) is 0 Å². The van der Waals surface area contributed by atoms with Crippen molar-refractivity contribution in [3.8, 4) is 0 Å². The van der Waals surface area contributed by atoms with E-state index in [1.54, 1.807) is 0 Å². The second-order valence-electron chi connectivity index (χ2n) is 9.81. The fraction of sp³-hybridized carbons (Fsp3) is 1.00. The maximum absolute atomic E-state index is 6.27. The quantitative estimate of drug-likeness (QED) is 0.149. The van der Waals surface area contributed by atoms with E-state index >= 15 is 0 Å². The Bertz CT molecular complexity index is 370. The Labute approximate surface area is 200 Å². The van der Waals surface area contributed by atoms with Crippen molar-refractivity contribution in [2.75, 3.05) is 0 Å². The van der Waals surface area contributed by atoms with Crippen LogP contribution in [0.15, 0.2) is 0 Å². The van der Waals surface area contributed by atoms with Crippen LogP contribution < -0.4 is 97.5 Å². The smallest absolute Gasteiger partial charge is 0.0378 e. The molecule has 0 aromatic rings. The molecule has 0 atom stereocenters. The number of nitrogens with two attached hydrogens (primary N) is 17. The lowest BCUT2D eigenvalue weighted by molar-refractivity contribution is 0.266.